The van der Waals surface area contributed by atoms with E-state index in [0.29, 0.717) is 0 Å². The quantitative estimate of drug-likeness (QED) is 0.280. The molecule has 1 nitrogen and oxygen atoms in total. The third kappa shape index (κ3) is 3930. The molecule has 58 valence electrons. The van der Waals surface area contributed by atoms with E-state index >= 15 is 0 Å². The summed E-state index contributed by atoms with van der Waals surface area (Å²) in [5.74, 6) is 0. The van der Waals surface area contributed by atoms with Crippen molar-refractivity contribution in [3.05, 3.63) is 0 Å². The summed E-state index contributed by atoms with van der Waals surface area (Å²) >= 11 is 0. The van der Waals surface area contributed by atoms with Gasteiger partial charge in [0, 0.05) is 0 Å². The van der Waals surface area contributed by atoms with E-state index < -0.39 is 7.25 Å². The molecule has 0 spiro atoms. The van der Waals surface area contributed by atoms with Crippen LogP contribution in [0, 0.1) is 0 Å². The van der Waals surface area contributed by atoms with Crippen molar-refractivity contribution in [3.63, 3.8) is 0 Å². The van der Waals surface area contributed by atoms with Crippen LogP contribution in [0.4, 0.5) is 17.3 Å². The highest BCUT2D eigenvalue weighted by atomic mass is 19.5. The van der Waals surface area contributed by atoms with E-state index in [0.717, 1.165) is 0 Å². The second-order valence-corrected chi connectivity index (χ2v) is 1.72. The predicted octanol–water partition coefficient (Wildman–Crippen LogP) is 1.84. The van der Waals surface area contributed by atoms with Gasteiger partial charge in [0.25, 0.3) is 0 Å². The molecule has 0 N–H and O–H groups in total. The van der Waals surface area contributed by atoms with Gasteiger partial charge in [0.15, 0.2) is 0 Å². The largest absolute Gasteiger partial charge is 1.00 e. The third-order valence-corrected chi connectivity index (χ3v) is 0. The normalized spacial score (nSPS) is 10.7. The van der Waals surface area contributed by atoms with Crippen LogP contribution in [-0.4, -0.2) is 28.6 Å². The minimum Gasteiger partial charge on any atom is -0.429 e. The summed E-state index contributed by atoms with van der Waals surface area (Å²) in [6.45, 7) is 0. The Morgan fingerprint density at radius 2 is 1.00 bits per heavy atom. The van der Waals surface area contributed by atoms with Crippen LogP contribution >= 0.6 is 0 Å². The van der Waals surface area contributed by atoms with Gasteiger partial charge in [0.05, 0.1) is 0 Å². The maximum Gasteiger partial charge on any atom is 1.00 e. The van der Waals surface area contributed by atoms with Gasteiger partial charge in [-0.3, -0.25) is 0 Å². The molecule has 0 saturated carbocycles. The molecule has 0 bridgehead atoms. The van der Waals surface area contributed by atoms with Crippen LogP contribution in [0.2, 0.25) is 0 Å². The number of hydrogen-bond donors (Lipinski definition) is 0. The van der Waals surface area contributed by atoms with Crippen LogP contribution in [0.3, 0.4) is 0 Å². The Hall–Kier alpha value is -0.255. The van der Waals surface area contributed by atoms with E-state index in [-0.39, 0.29) is 1.43 Å². The highest BCUT2D eigenvalue weighted by Gasteiger charge is 2.20. The summed E-state index contributed by atoms with van der Waals surface area (Å²) in [5.41, 5.74) is 0. The first-order valence-electron chi connectivity index (χ1n) is 2.10. The van der Waals surface area contributed by atoms with Gasteiger partial charge >= 0.3 is 8.68 Å². The Balaban J connectivity index is -0.0000000910. The zero-order valence-electron chi connectivity index (χ0n) is 6.50. The molecule has 0 atom stereocenters. The molecular formula is C3H10BF4O+. The molecule has 0 rings (SSSR count). The first-order chi connectivity index (χ1) is 3.73. The number of rotatable bonds is 0. The fourth-order valence-electron chi connectivity index (χ4n) is 0. The molecule has 0 saturated heterocycles. The molecule has 0 aliphatic carbocycles. The fraction of sp³-hybridized carbons (Fsp3) is 1.00. The Labute approximate surface area is 52.9 Å². The first kappa shape index (κ1) is 11.5. The summed E-state index contributed by atoms with van der Waals surface area (Å²) < 4.78 is 41.6. The van der Waals surface area contributed by atoms with E-state index in [1.165, 1.54) is 0 Å². The molecule has 9 heavy (non-hydrogen) atoms. The van der Waals surface area contributed by atoms with Gasteiger partial charge in [0.1, 0.15) is 21.3 Å². The van der Waals surface area contributed by atoms with Crippen molar-refractivity contribution in [2.75, 3.05) is 21.3 Å². The van der Waals surface area contributed by atoms with E-state index in [9.17, 15) is 17.3 Å². The zero-order valence-corrected chi connectivity index (χ0v) is 5.50. The SMILES string of the molecule is C[O+](C)C.F[B-](F)(F)F.[H+]. The van der Waals surface area contributed by atoms with Crippen molar-refractivity contribution >= 4 is 7.25 Å². The monoisotopic (exact) mass is 149 g/mol. The average Bonchev–Trinajstić information content (AvgIpc) is 1.19. The molecule has 0 aromatic rings. The Kier molecular flexibility index (Phi) is 5.90. The van der Waals surface area contributed by atoms with Gasteiger partial charge in [-0.05, 0) is 0 Å². The standard InChI is InChI=1S/C3H9O.BF4/c1-4(2)3;2-1(3,4)5/h1-3H3;/q+1;-1/p+1. The second kappa shape index (κ2) is 4.61. The molecule has 0 aromatic carbocycles. The Bertz CT molecular complexity index is 57.3. The Morgan fingerprint density at radius 1 is 1.00 bits per heavy atom. The smallest absolute Gasteiger partial charge is 0.429 e. The molecule has 0 radical (unpaired) electrons. The second-order valence-electron chi connectivity index (χ2n) is 1.72. The average molecular weight is 149 g/mol. The summed E-state index contributed by atoms with van der Waals surface area (Å²) in [6.07, 6.45) is 0. The van der Waals surface area contributed by atoms with E-state index in [4.69, 9.17) is 0 Å². The summed E-state index contributed by atoms with van der Waals surface area (Å²) in [7, 11) is -0.250. The summed E-state index contributed by atoms with van der Waals surface area (Å²) in [4.78, 5) is 0. The topological polar surface area (TPSA) is 2.70 Å². The van der Waals surface area contributed by atoms with Crippen LogP contribution < -0.4 is 0 Å². The lowest BCUT2D eigenvalue weighted by molar-refractivity contribution is -0.00282. The van der Waals surface area contributed by atoms with E-state index in [2.05, 4.69) is 4.37 Å². The summed E-state index contributed by atoms with van der Waals surface area (Å²) in [5, 5.41) is 0. The predicted molar refractivity (Wildman–Crippen MR) is 30.2 cm³/mol. The first-order valence-corrected chi connectivity index (χ1v) is 2.10. The number of halogens is 4. The molecular weight excluding hydrogens is 139 g/mol. The van der Waals surface area contributed by atoms with Gasteiger partial charge in [-0.25, -0.2) is 0 Å². The van der Waals surface area contributed by atoms with Crippen LogP contribution in [0.1, 0.15) is 1.43 Å². The highest BCUT2D eigenvalue weighted by Crippen LogP contribution is 2.06. The van der Waals surface area contributed by atoms with Crippen molar-refractivity contribution in [2.24, 2.45) is 0 Å². The van der Waals surface area contributed by atoms with E-state index in [1.54, 1.807) is 0 Å². The van der Waals surface area contributed by atoms with Gasteiger partial charge < -0.3 is 21.6 Å². The zero-order chi connectivity index (χ0) is 8.08. The van der Waals surface area contributed by atoms with Gasteiger partial charge in [-0.2, -0.15) is 0 Å². The van der Waals surface area contributed by atoms with Crippen LogP contribution in [0.5, 0.6) is 0 Å². The molecule has 0 heterocycles. The van der Waals surface area contributed by atoms with Crippen LogP contribution in [-0.2, 0) is 4.37 Å². The van der Waals surface area contributed by atoms with Gasteiger partial charge in [-0.15, -0.1) is 0 Å². The summed E-state index contributed by atoms with van der Waals surface area (Å²) in [6, 6.07) is 0. The van der Waals surface area contributed by atoms with Crippen LogP contribution in [0.25, 0.3) is 0 Å². The maximum atomic E-state index is 9.75. The van der Waals surface area contributed by atoms with Crippen molar-refractivity contribution in [1.82, 2.24) is 0 Å². The minimum absolute atomic E-state index is 0. The molecule has 0 aliphatic heterocycles. The Morgan fingerprint density at radius 3 is 1.00 bits per heavy atom. The van der Waals surface area contributed by atoms with Crippen molar-refractivity contribution in [2.45, 2.75) is 0 Å². The molecule has 6 heteroatoms. The van der Waals surface area contributed by atoms with Crippen molar-refractivity contribution in [1.29, 1.82) is 0 Å². The minimum atomic E-state index is -6.00. The number of hydrogen-bond acceptors (Lipinski definition) is 0. The van der Waals surface area contributed by atoms with Crippen molar-refractivity contribution in [3.8, 4) is 0 Å². The molecule has 0 unspecified atom stereocenters. The maximum absolute atomic E-state index is 9.75. The lowest BCUT2D eigenvalue weighted by Crippen LogP contribution is -2.02. The molecule has 0 aliphatic rings. The van der Waals surface area contributed by atoms with Gasteiger partial charge in [0.2, 0.25) is 0 Å². The molecule has 0 aromatic heterocycles. The van der Waals surface area contributed by atoms with Gasteiger partial charge in [-0.1, -0.05) is 0 Å². The lowest BCUT2D eigenvalue weighted by atomic mass is 10.3. The molecule has 0 amide bonds. The fourth-order valence-corrected chi connectivity index (χ4v) is 0. The van der Waals surface area contributed by atoms with Crippen molar-refractivity contribution < 1.29 is 23.1 Å². The third-order valence-electron chi connectivity index (χ3n) is 0. The highest BCUT2D eigenvalue weighted by molar-refractivity contribution is 6.50. The van der Waals surface area contributed by atoms with E-state index in [1.807, 2.05) is 21.3 Å². The molecule has 0 fully saturated rings. The lowest BCUT2D eigenvalue weighted by Gasteiger charge is -1.94. The van der Waals surface area contributed by atoms with Crippen LogP contribution in [0.15, 0.2) is 0 Å².